The van der Waals surface area contributed by atoms with Gasteiger partial charge in [0.15, 0.2) is 0 Å². The molecule has 2 radical (unpaired) electrons. The number of rotatable bonds is 4. The Bertz CT molecular complexity index is 336. The summed E-state index contributed by atoms with van der Waals surface area (Å²) >= 11 is 0. The highest BCUT2D eigenvalue weighted by Crippen LogP contribution is 2.05. The van der Waals surface area contributed by atoms with Gasteiger partial charge in [0.2, 0.25) is 12.6 Å². The summed E-state index contributed by atoms with van der Waals surface area (Å²) in [6.45, 7) is -0.247. The Balaban J connectivity index is 2.73. The van der Waals surface area contributed by atoms with Crippen molar-refractivity contribution in [3.05, 3.63) is 23.8 Å². The zero-order valence-electron chi connectivity index (χ0n) is 7.02. The first-order valence-electron chi connectivity index (χ1n) is 3.67. The molecule has 1 heterocycles. The van der Waals surface area contributed by atoms with E-state index in [9.17, 15) is 19.2 Å². The largest absolute Gasteiger partial charge is 0.286 e. The predicted octanol–water partition coefficient (Wildman–Crippen LogP) is -0.943. The molecule has 5 nitrogen and oxygen atoms in total. The molecule has 2 amide bonds. The first kappa shape index (κ1) is 10.0. The van der Waals surface area contributed by atoms with Crippen LogP contribution in [-0.2, 0) is 19.2 Å². The molecular weight excluding hydrogens is 186 g/mol. The Morgan fingerprint density at radius 1 is 1.29 bits per heavy atom. The fourth-order valence-corrected chi connectivity index (χ4v) is 0.936. The van der Waals surface area contributed by atoms with Gasteiger partial charge in [-0.2, -0.15) is 0 Å². The average Bonchev–Trinajstić information content (AvgIpc) is 2.48. The minimum atomic E-state index is -0.512. The van der Waals surface area contributed by atoms with E-state index in [0.717, 1.165) is 23.1 Å². The molecule has 1 aliphatic rings. The summed E-state index contributed by atoms with van der Waals surface area (Å²) in [5, 5.41) is 0. The smallest absolute Gasteiger partial charge is 0.253 e. The topological polar surface area (TPSA) is 71.5 Å². The van der Waals surface area contributed by atoms with Gasteiger partial charge >= 0.3 is 0 Å². The SMILES string of the molecule is O=[C]/C=C(\[C]=O)CN1C(=O)C=CC1=O. The molecule has 14 heavy (non-hydrogen) atoms. The van der Waals surface area contributed by atoms with E-state index in [4.69, 9.17) is 0 Å². The van der Waals surface area contributed by atoms with Crippen LogP contribution in [0.2, 0.25) is 0 Å². The maximum atomic E-state index is 11.0. The Morgan fingerprint density at radius 2 is 1.86 bits per heavy atom. The Kier molecular flexibility index (Phi) is 3.06. The van der Waals surface area contributed by atoms with Crippen LogP contribution in [0.1, 0.15) is 0 Å². The predicted molar refractivity (Wildman–Crippen MR) is 45.3 cm³/mol. The van der Waals surface area contributed by atoms with Crippen LogP contribution in [0.4, 0.5) is 0 Å². The van der Waals surface area contributed by atoms with E-state index in [1.54, 1.807) is 0 Å². The minimum absolute atomic E-state index is 0.0922. The number of allylic oxidation sites excluding steroid dienone is 1. The van der Waals surface area contributed by atoms with Crippen LogP contribution in [0.3, 0.4) is 0 Å². The van der Waals surface area contributed by atoms with E-state index in [0.29, 0.717) is 0 Å². The third-order valence-corrected chi connectivity index (χ3v) is 1.59. The molecule has 0 saturated carbocycles. The van der Waals surface area contributed by atoms with Crippen LogP contribution in [0.25, 0.3) is 0 Å². The van der Waals surface area contributed by atoms with Gasteiger partial charge in [-0.1, -0.05) is 0 Å². The molecule has 0 bridgehead atoms. The maximum Gasteiger partial charge on any atom is 0.253 e. The molecule has 70 valence electrons. The van der Waals surface area contributed by atoms with Crippen LogP contribution in [-0.4, -0.2) is 35.8 Å². The lowest BCUT2D eigenvalue weighted by Gasteiger charge is -2.11. The molecule has 5 heteroatoms. The molecule has 0 aromatic carbocycles. The summed E-state index contributed by atoms with van der Waals surface area (Å²) in [6, 6.07) is 0. The van der Waals surface area contributed by atoms with Gasteiger partial charge in [0.05, 0.1) is 6.54 Å². The summed E-state index contributed by atoms with van der Waals surface area (Å²) in [7, 11) is 0. The van der Waals surface area contributed by atoms with Crippen LogP contribution >= 0.6 is 0 Å². The van der Waals surface area contributed by atoms with Crippen molar-refractivity contribution in [1.82, 2.24) is 4.90 Å². The molecule has 0 unspecified atom stereocenters. The van der Waals surface area contributed by atoms with E-state index >= 15 is 0 Å². The zero-order chi connectivity index (χ0) is 10.6. The second kappa shape index (κ2) is 4.27. The summed E-state index contributed by atoms with van der Waals surface area (Å²) in [6.07, 6.45) is 5.85. The number of nitrogens with zero attached hydrogens (tertiary/aromatic N) is 1. The van der Waals surface area contributed by atoms with Crippen molar-refractivity contribution in [1.29, 1.82) is 0 Å². The summed E-state index contributed by atoms with van der Waals surface area (Å²) < 4.78 is 0. The average molecular weight is 191 g/mol. The zero-order valence-corrected chi connectivity index (χ0v) is 7.02. The van der Waals surface area contributed by atoms with Crippen LogP contribution in [0.5, 0.6) is 0 Å². The second-order valence-electron chi connectivity index (χ2n) is 2.49. The first-order chi connectivity index (χ1) is 6.69. The molecular formula is C9H5NO4. The van der Waals surface area contributed by atoms with Crippen molar-refractivity contribution in [3.63, 3.8) is 0 Å². The van der Waals surface area contributed by atoms with Crippen molar-refractivity contribution in [2.24, 2.45) is 0 Å². The van der Waals surface area contributed by atoms with Crippen LogP contribution in [0, 0.1) is 0 Å². The molecule has 0 aliphatic carbocycles. The monoisotopic (exact) mass is 191 g/mol. The van der Waals surface area contributed by atoms with Gasteiger partial charge in [-0.05, 0) is 6.08 Å². The number of amides is 2. The highest BCUT2D eigenvalue weighted by Gasteiger charge is 2.23. The molecule has 1 aliphatic heterocycles. The fourth-order valence-electron chi connectivity index (χ4n) is 0.936. The number of carbonyl (C=O) groups excluding carboxylic acids is 4. The van der Waals surface area contributed by atoms with E-state index in [1.807, 2.05) is 0 Å². The molecule has 0 atom stereocenters. The van der Waals surface area contributed by atoms with Crippen molar-refractivity contribution in [2.75, 3.05) is 6.54 Å². The van der Waals surface area contributed by atoms with Crippen molar-refractivity contribution >= 4 is 24.4 Å². The van der Waals surface area contributed by atoms with E-state index < -0.39 is 11.8 Å². The third-order valence-electron chi connectivity index (χ3n) is 1.59. The van der Waals surface area contributed by atoms with Crippen LogP contribution in [0.15, 0.2) is 23.8 Å². The van der Waals surface area contributed by atoms with Gasteiger partial charge in [-0.25, -0.2) is 0 Å². The van der Waals surface area contributed by atoms with Gasteiger partial charge < -0.3 is 0 Å². The maximum absolute atomic E-state index is 11.0. The van der Waals surface area contributed by atoms with E-state index in [1.165, 1.54) is 12.6 Å². The molecule has 1 rings (SSSR count). The Morgan fingerprint density at radius 3 is 2.29 bits per heavy atom. The third kappa shape index (κ3) is 2.01. The summed E-state index contributed by atoms with van der Waals surface area (Å²) in [5.74, 6) is -1.02. The lowest BCUT2D eigenvalue weighted by molar-refractivity contribution is -0.136. The Labute approximate surface area is 79.7 Å². The first-order valence-corrected chi connectivity index (χ1v) is 3.67. The quantitative estimate of drug-likeness (QED) is 0.424. The molecule has 0 aromatic rings. The normalized spacial score (nSPS) is 16.3. The van der Waals surface area contributed by atoms with Gasteiger partial charge in [-0.15, -0.1) is 0 Å². The highest BCUT2D eigenvalue weighted by atomic mass is 16.2. The lowest BCUT2D eigenvalue weighted by atomic mass is 10.2. The second-order valence-corrected chi connectivity index (χ2v) is 2.49. The molecule has 0 saturated heterocycles. The van der Waals surface area contributed by atoms with Gasteiger partial charge in [0.25, 0.3) is 11.8 Å². The number of carbonyl (C=O) groups is 2. The summed E-state index contributed by atoms with van der Waals surface area (Å²) in [5.41, 5.74) is -0.0922. The number of hydrogen-bond donors (Lipinski definition) is 0. The fraction of sp³-hybridized carbons (Fsp3) is 0.111. The van der Waals surface area contributed by atoms with Crippen LogP contribution < -0.4 is 0 Å². The minimum Gasteiger partial charge on any atom is -0.286 e. The van der Waals surface area contributed by atoms with Gasteiger partial charge in [-0.3, -0.25) is 24.1 Å². The lowest BCUT2D eigenvalue weighted by Crippen LogP contribution is -2.32. The molecule has 0 fully saturated rings. The molecule has 0 spiro atoms. The number of hydrogen-bond acceptors (Lipinski definition) is 4. The van der Waals surface area contributed by atoms with Gasteiger partial charge in [0.1, 0.15) is 0 Å². The summed E-state index contributed by atoms with van der Waals surface area (Å²) in [4.78, 5) is 43.0. The van der Waals surface area contributed by atoms with Crippen molar-refractivity contribution in [3.8, 4) is 0 Å². The number of imide groups is 1. The standard InChI is InChI=1S/C9H5NO4/c11-4-3-7(6-12)5-10-8(13)1-2-9(10)14/h1-3H,5H2/b7-3-. The highest BCUT2D eigenvalue weighted by molar-refractivity contribution is 6.13. The molecule has 0 N–H and O–H groups in total. The van der Waals surface area contributed by atoms with E-state index in [2.05, 4.69) is 0 Å². The van der Waals surface area contributed by atoms with Crippen molar-refractivity contribution in [2.45, 2.75) is 0 Å². The van der Waals surface area contributed by atoms with Gasteiger partial charge in [0, 0.05) is 17.7 Å². The van der Waals surface area contributed by atoms with E-state index in [-0.39, 0.29) is 12.1 Å². The Hall–Kier alpha value is -2.04. The molecule has 0 aromatic heterocycles. The van der Waals surface area contributed by atoms with Crippen molar-refractivity contribution < 1.29 is 19.2 Å².